The SMILES string of the molecule is CC(C)(C)S(=O)NC(CF)c1cc(Cl)ccn1. The van der Waals surface area contributed by atoms with Crippen molar-refractivity contribution in [3.63, 3.8) is 0 Å². The molecule has 1 N–H and O–H groups in total. The summed E-state index contributed by atoms with van der Waals surface area (Å²) < 4.78 is 27.1. The molecule has 1 aromatic heterocycles. The topological polar surface area (TPSA) is 42.0 Å². The van der Waals surface area contributed by atoms with E-state index < -0.39 is 28.4 Å². The van der Waals surface area contributed by atoms with Crippen LogP contribution in [0.2, 0.25) is 5.02 Å². The van der Waals surface area contributed by atoms with Gasteiger partial charge in [0.1, 0.15) is 6.67 Å². The van der Waals surface area contributed by atoms with Crippen LogP contribution in [0.5, 0.6) is 0 Å². The maximum absolute atomic E-state index is 12.9. The lowest BCUT2D eigenvalue weighted by Crippen LogP contribution is -2.36. The Hall–Kier alpha value is -0.520. The van der Waals surface area contributed by atoms with E-state index in [1.165, 1.54) is 6.20 Å². The molecule has 0 saturated heterocycles. The van der Waals surface area contributed by atoms with E-state index in [0.29, 0.717) is 10.7 Å². The van der Waals surface area contributed by atoms with Gasteiger partial charge in [0.2, 0.25) is 0 Å². The van der Waals surface area contributed by atoms with Crippen molar-refractivity contribution in [2.45, 2.75) is 31.6 Å². The summed E-state index contributed by atoms with van der Waals surface area (Å²) in [6.45, 7) is 4.76. The highest BCUT2D eigenvalue weighted by atomic mass is 35.5. The Bertz CT molecular complexity index is 409. The van der Waals surface area contributed by atoms with Gasteiger partial charge in [0, 0.05) is 11.2 Å². The summed E-state index contributed by atoms with van der Waals surface area (Å²) in [4.78, 5) is 4.02. The summed E-state index contributed by atoms with van der Waals surface area (Å²) >= 11 is 5.81. The molecule has 6 heteroatoms. The van der Waals surface area contributed by atoms with Gasteiger partial charge in [0.25, 0.3) is 0 Å². The van der Waals surface area contributed by atoms with Crippen LogP contribution in [0.15, 0.2) is 18.3 Å². The highest BCUT2D eigenvalue weighted by molar-refractivity contribution is 7.84. The van der Waals surface area contributed by atoms with Gasteiger partial charge in [-0.05, 0) is 32.9 Å². The van der Waals surface area contributed by atoms with Crippen molar-refractivity contribution in [1.82, 2.24) is 9.71 Å². The van der Waals surface area contributed by atoms with E-state index in [-0.39, 0.29) is 0 Å². The Kier molecular flexibility index (Phi) is 5.04. The molecule has 0 amide bonds. The number of rotatable bonds is 4. The Morgan fingerprint density at radius 3 is 2.71 bits per heavy atom. The van der Waals surface area contributed by atoms with Gasteiger partial charge in [-0.15, -0.1) is 0 Å². The summed E-state index contributed by atoms with van der Waals surface area (Å²) in [7, 11) is -1.35. The van der Waals surface area contributed by atoms with Crippen molar-refractivity contribution < 1.29 is 8.60 Å². The summed E-state index contributed by atoms with van der Waals surface area (Å²) in [6, 6.07) is 2.48. The summed E-state index contributed by atoms with van der Waals surface area (Å²) in [5, 5.41) is 0.483. The molecule has 3 nitrogen and oxygen atoms in total. The highest BCUT2D eigenvalue weighted by Gasteiger charge is 2.24. The lowest BCUT2D eigenvalue weighted by molar-refractivity contribution is 0.412. The maximum atomic E-state index is 12.9. The van der Waals surface area contributed by atoms with Gasteiger partial charge in [-0.25, -0.2) is 13.3 Å². The van der Waals surface area contributed by atoms with Gasteiger partial charge in [0.15, 0.2) is 0 Å². The van der Waals surface area contributed by atoms with Gasteiger partial charge in [-0.2, -0.15) is 0 Å². The van der Waals surface area contributed by atoms with E-state index in [2.05, 4.69) is 9.71 Å². The Morgan fingerprint density at radius 1 is 1.59 bits per heavy atom. The summed E-state index contributed by atoms with van der Waals surface area (Å²) in [5.41, 5.74) is 0.456. The lowest BCUT2D eigenvalue weighted by atomic mass is 10.2. The maximum Gasteiger partial charge on any atom is 0.111 e. The fourth-order valence-corrected chi connectivity index (χ4v) is 2.05. The van der Waals surface area contributed by atoms with E-state index in [9.17, 15) is 8.60 Å². The molecular formula is C11H16ClFN2OS. The van der Waals surface area contributed by atoms with Gasteiger partial charge >= 0.3 is 0 Å². The molecule has 0 aliphatic heterocycles. The van der Waals surface area contributed by atoms with Crippen LogP contribution in [0, 0.1) is 0 Å². The second kappa shape index (κ2) is 5.89. The molecule has 0 aliphatic carbocycles. The van der Waals surface area contributed by atoms with Crippen molar-refractivity contribution in [3.05, 3.63) is 29.0 Å². The van der Waals surface area contributed by atoms with Crippen LogP contribution in [0.4, 0.5) is 4.39 Å². The first-order chi connectivity index (χ1) is 7.84. The number of hydrogen-bond donors (Lipinski definition) is 1. The number of halogens is 2. The van der Waals surface area contributed by atoms with Crippen LogP contribution < -0.4 is 4.72 Å². The number of nitrogens with one attached hydrogen (secondary N) is 1. The number of alkyl halides is 1. The first-order valence-corrected chi connectivity index (χ1v) is 6.73. The van der Waals surface area contributed by atoms with Crippen molar-refractivity contribution >= 4 is 22.6 Å². The molecule has 0 saturated carbocycles. The fourth-order valence-electron chi connectivity index (χ4n) is 1.09. The Morgan fingerprint density at radius 2 is 2.24 bits per heavy atom. The van der Waals surface area contributed by atoms with E-state index in [1.54, 1.807) is 12.1 Å². The minimum absolute atomic E-state index is 0.452. The molecule has 1 heterocycles. The second-order valence-electron chi connectivity index (χ2n) is 4.60. The van der Waals surface area contributed by atoms with Crippen LogP contribution in [-0.2, 0) is 11.0 Å². The third-order valence-corrected chi connectivity index (χ3v) is 3.91. The molecule has 0 bridgehead atoms. The zero-order valence-corrected chi connectivity index (χ0v) is 11.6. The monoisotopic (exact) mass is 278 g/mol. The first kappa shape index (κ1) is 14.5. The van der Waals surface area contributed by atoms with Crippen molar-refractivity contribution in [2.24, 2.45) is 0 Å². The first-order valence-electron chi connectivity index (χ1n) is 5.20. The van der Waals surface area contributed by atoms with E-state index in [0.717, 1.165) is 0 Å². The van der Waals surface area contributed by atoms with E-state index in [4.69, 9.17) is 11.6 Å². The van der Waals surface area contributed by atoms with E-state index in [1.807, 2.05) is 20.8 Å². The number of nitrogens with zero attached hydrogens (tertiary/aromatic N) is 1. The Labute approximate surface area is 108 Å². The molecule has 0 fully saturated rings. The minimum atomic E-state index is -1.35. The lowest BCUT2D eigenvalue weighted by Gasteiger charge is -2.22. The third-order valence-electron chi connectivity index (χ3n) is 2.06. The second-order valence-corrected chi connectivity index (χ2v) is 7.04. The molecule has 0 aliphatic rings. The summed E-state index contributed by atoms with van der Waals surface area (Å²) in [6.07, 6.45) is 1.50. The smallest absolute Gasteiger partial charge is 0.111 e. The fraction of sp³-hybridized carbons (Fsp3) is 0.545. The largest absolute Gasteiger partial charge is 0.259 e. The van der Waals surface area contributed by atoms with Crippen LogP contribution in [0.3, 0.4) is 0 Å². The molecule has 1 rings (SSSR count). The molecule has 0 radical (unpaired) electrons. The molecule has 0 spiro atoms. The quantitative estimate of drug-likeness (QED) is 0.920. The highest BCUT2D eigenvalue weighted by Crippen LogP contribution is 2.18. The number of aromatic nitrogens is 1. The molecule has 1 aromatic rings. The average Bonchev–Trinajstić information content (AvgIpc) is 2.24. The standard InChI is InChI=1S/C11H16ClFN2OS/c1-11(2,3)17(16)15-10(7-13)9-6-8(12)4-5-14-9/h4-6,10,15H,7H2,1-3H3. The van der Waals surface area contributed by atoms with Crippen LogP contribution in [-0.4, -0.2) is 20.6 Å². The summed E-state index contributed by atoms with van der Waals surface area (Å²) in [5.74, 6) is 0. The van der Waals surface area contributed by atoms with Gasteiger partial charge in [-0.3, -0.25) is 4.98 Å². The minimum Gasteiger partial charge on any atom is -0.259 e. The van der Waals surface area contributed by atoms with Gasteiger partial charge in [-0.1, -0.05) is 11.6 Å². The predicted octanol–water partition coefficient (Wildman–Crippen LogP) is 2.80. The molecule has 0 aromatic carbocycles. The Balaban J connectivity index is 2.83. The van der Waals surface area contributed by atoms with Gasteiger partial charge < -0.3 is 0 Å². The van der Waals surface area contributed by atoms with Crippen molar-refractivity contribution in [1.29, 1.82) is 0 Å². The molecule has 2 atom stereocenters. The molecular weight excluding hydrogens is 263 g/mol. The molecule has 17 heavy (non-hydrogen) atoms. The molecule has 2 unspecified atom stereocenters. The number of hydrogen-bond acceptors (Lipinski definition) is 2. The third kappa shape index (κ3) is 4.33. The van der Waals surface area contributed by atoms with E-state index >= 15 is 0 Å². The number of pyridine rings is 1. The molecule has 96 valence electrons. The van der Waals surface area contributed by atoms with Crippen LogP contribution >= 0.6 is 11.6 Å². The normalized spacial score (nSPS) is 15.6. The zero-order chi connectivity index (χ0) is 13.1. The van der Waals surface area contributed by atoms with Crippen LogP contribution in [0.25, 0.3) is 0 Å². The predicted molar refractivity (Wildman–Crippen MR) is 69.0 cm³/mol. The average molecular weight is 279 g/mol. The van der Waals surface area contributed by atoms with Crippen molar-refractivity contribution in [2.75, 3.05) is 6.67 Å². The van der Waals surface area contributed by atoms with Crippen LogP contribution in [0.1, 0.15) is 32.5 Å². The zero-order valence-electron chi connectivity index (χ0n) is 10.0. The van der Waals surface area contributed by atoms with Crippen molar-refractivity contribution in [3.8, 4) is 0 Å². The van der Waals surface area contributed by atoms with Gasteiger partial charge in [0.05, 0.1) is 27.5 Å².